The van der Waals surface area contributed by atoms with Gasteiger partial charge in [0.15, 0.2) is 0 Å². The highest BCUT2D eigenvalue weighted by Crippen LogP contribution is 2.25. The molecule has 0 unspecified atom stereocenters. The number of hydrogen-bond donors (Lipinski definition) is 0. The van der Waals surface area contributed by atoms with Gasteiger partial charge in [0.25, 0.3) is 11.8 Å². The van der Waals surface area contributed by atoms with Crippen LogP contribution in [0.2, 0.25) is 0 Å². The van der Waals surface area contributed by atoms with Gasteiger partial charge in [0.1, 0.15) is 11.6 Å². The average Bonchev–Trinajstić information content (AvgIpc) is 2.84. The first-order chi connectivity index (χ1) is 13.8. The lowest BCUT2D eigenvalue weighted by Crippen LogP contribution is -2.37. The molecule has 1 aromatic carbocycles. The first kappa shape index (κ1) is 28.7. The third-order valence-electron chi connectivity index (χ3n) is 4.34. The molecule has 0 radical (unpaired) electrons. The second-order valence-electron chi connectivity index (χ2n) is 10.5. The third kappa shape index (κ3) is 9.55. The Morgan fingerprint density at radius 2 is 1.16 bits per heavy atom. The van der Waals surface area contributed by atoms with Crippen molar-refractivity contribution >= 4 is 23.4 Å². The monoisotopic (exact) mass is 433 g/mol. The van der Waals surface area contributed by atoms with Gasteiger partial charge in [-0.25, -0.2) is 0 Å². The summed E-state index contributed by atoms with van der Waals surface area (Å²) in [5.41, 5.74) is -0.0456. The van der Waals surface area contributed by atoms with Crippen LogP contribution in [0.4, 0.5) is 0 Å². The molecule has 0 spiro atoms. The van der Waals surface area contributed by atoms with E-state index >= 15 is 0 Å². The van der Waals surface area contributed by atoms with Crippen LogP contribution in [-0.4, -0.2) is 34.0 Å². The Hall–Kier alpha value is -2.34. The maximum Gasteiger partial charge on any atom is 0.285 e. The topological polar surface area (TPSA) is 80.8 Å². The summed E-state index contributed by atoms with van der Waals surface area (Å²) in [5, 5.41) is 0.838. The molecule has 0 saturated carbocycles. The van der Waals surface area contributed by atoms with Gasteiger partial charge < -0.3 is 0 Å². The summed E-state index contributed by atoms with van der Waals surface area (Å²) in [7, 11) is 0. The number of benzene rings is 1. The van der Waals surface area contributed by atoms with Crippen molar-refractivity contribution in [2.45, 2.75) is 88.2 Å². The van der Waals surface area contributed by atoms with Gasteiger partial charge in [-0.3, -0.25) is 24.0 Å². The van der Waals surface area contributed by atoms with Crippen molar-refractivity contribution in [2.24, 2.45) is 10.8 Å². The largest absolute Gasteiger partial charge is 0.299 e. The molecule has 1 heterocycles. The molecule has 0 bridgehead atoms. The van der Waals surface area contributed by atoms with E-state index in [-0.39, 0.29) is 16.6 Å². The molecule has 2 amide bonds. The molecule has 174 valence electrons. The van der Waals surface area contributed by atoms with Crippen LogP contribution in [0.1, 0.15) is 103 Å². The quantitative estimate of drug-likeness (QED) is 0.563. The molecule has 0 fully saturated rings. The first-order valence-electron chi connectivity index (χ1n) is 10.5. The van der Waals surface area contributed by atoms with Gasteiger partial charge in [-0.15, -0.1) is 5.06 Å². The lowest BCUT2D eigenvalue weighted by molar-refractivity contribution is -0.165. The fourth-order valence-corrected chi connectivity index (χ4v) is 2.05. The highest BCUT2D eigenvalue weighted by atomic mass is 16.7. The van der Waals surface area contributed by atoms with Gasteiger partial charge in [0, 0.05) is 17.3 Å². The fraction of sp³-hybridized carbons (Fsp3) is 0.600. The lowest BCUT2D eigenvalue weighted by Gasteiger charge is -2.24. The molecule has 0 atom stereocenters. The van der Waals surface area contributed by atoms with Crippen molar-refractivity contribution in [2.75, 3.05) is 0 Å². The molecule has 1 aliphatic heterocycles. The molecule has 0 aromatic heterocycles. The van der Waals surface area contributed by atoms with E-state index in [1.54, 1.807) is 52.0 Å². The normalized spacial score (nSPS) is 13.6. The van der Waals surface area contributed by atoms with Crippen LogP contribution in [0.15, 0.2) is 24.3 Å². The zero-order valence-corrected chi connectivity index (χ0v) is 21.0. The summed E-state index contributed by atoms with van der Waals surface area (Å²) >= 11 is 0. The van der Waals surface area contributed by atoms with Crippen molar-refractivity contribution in [1.82, 2.24) is 5.06 Å². The van der Waals surface area contributed by atoms with Gasteiger partial charge in [-0.05, 0) is 39.8 Å². The van der Waals surface area contributed by atoms with Gasteiger partial charge >= 0.3 is 0 Å². The predicted octanol–water partition coefficient (Wildman–Crippen LogP) is 5.65. The van der Waals surface area contributed by atoms with Crippen molar-refractivity contribution < 1.29 is 24.0 Å². The Kier molecular flexibility index (Phi) is 9.99. The average molecular weight is 434 g/mol. The Labute approximate surface area is 187 Å². The number of hydrogen-bond acceptors (Lipinski definition) is 5. The van der Waals surface area contributed by atoms with Crippen LogP contribution in [0, 0.1) is 10.8 Å². The molecule has 31 heavy (non-hydrogen) atoms. The highest BCUT2D eigenvalue weighted by Gasteiger charge is 2.38. The molecule has 0 saturated heterocycles. The number of ketones is 2. The minimum absolute atomic E-state index is 0.130. The van der Waals surface area contributed by atoms with E-state index in [4.69, 9.17) is 4.84 Å². The maximum absolute atomic E-state index is 11.9. The summed E-state index contributed by atoms with van der Waals surface area (Å²) in [6, 6.07) is 6.71. The van der Waals surface area contributed by atoms with Crippen molar-refractivity contribution in [1.29, 1.82) is 0 Å². The number of carbonyl (C=O) groups is 4. The smallest absolute Gasteiger partial charge is 0.285 e. The van der Waals surface area contributed by atoms with Crippen LogP contribution in [-0.2, 0) is 14.4 Å². The molecule has 1 aromatic rings. The van der Waals surface area contributed by atoms with E-state index < -0.39 is 17.4 Å². The number of carbonyl (C=O) groups excluding carboxylic acids is 4. The highest BCUT2D eigenvalue weighted by molar-refractivity contribution is 6.20. The Morgan fingerprint density at radius 3 is 1.35 bits per heavy atom. The summed E-state index contributed by atoms with van der Waals surface area (Å²) in [6.07, 6.45) is 0.656. The van der Waals surface area contributed by atoms with E-state index in [2.05, 4.69) is 0 Å². The van der Waals surface area contributed by atoms with Crippen LogP contribution in [0.25, 0.3) is 0 Å². The molecule has 6 heteroatoms. The zero-order valence-electron chi connectivity index (χ0n) is 21.0. The van der Waals surface area contributed by atoms with Crippen LogP contribution >= 0.6 is 0 Å². The molecular weight excluding hydrogens is 394 g/mol. The number of nitrogens with zero attached hydrogens (tertiary/aromatic N) is 1. The molecule has 1 aliphatic rings. The standard InChI is InChI=1S/C12H13NO3.C7H14O.C6H12O/c1-12(2,3)16-13-10(14)8-6-4-5-7-9(8)11(13)15;1-5-6(8)7(2,3)4;1-5(7)6(2,3)4/h4-7H,1-3H3;5H2,1-4H3;1-4H3. The Balaban J connectivity index is 0.000000506. The zero-order chi connectivity index (χ0) is 24.8. The second-order valence-corrected chi connectivity index (χ2v) is 10.5. The van der Waals surface area contributed by atoms with Gasteiger partial charge in [0.2, 0.25) is 0 Å². The van der Waals surface area contributed by atoms with Gasteiger partial charge in [-0.2, -0.15) is 0 Å². The second kappa shape index (κ2) is 10.8. The van der Waals surface area contributed by atoms with Gasteiger partial charge in [0.05, 0.1) is 16.7 Å². The number of imide groups is 1. The molecule has 0 aliphatic carbocycles. The molecular formula is C25H39NO5. The van der Waals surface area contributed by atoms with Crippen LogP contribution < -0.4 is 0 Å². The number of hydroxylamine groups is 2. The van der Waals surface area contributed by atoms with E-state index in [1.807, 2.05) is 48.5 Å². The lowest BCUT2D eigenvalue weighted by atomic mass is 9.90. The SMILES string of the molecule is CC(=O)C(C)(C)C.CC(C)(C)ON1C(=O)c2ccccc2C1=O.CCC(=O)C(C)(C)C. The number of amides is 2. The fourth-order valence-electron chi connectivity index (χ4n) is 2.05. The van der Waals surface area contributed by atoms with E-state index in [0.717, 1.165) is 5.06 Å². The van der Waals surface area contributed by atoms with Crippen molar-refractivity contribution in [3.8, 4) is 0 Å². The van der Waals surface area contributed by atoms with Crippen molar-refractivity contribution in [3.63, 3.8) is 0 Å². The maximum atomic E-state index is 11.9. The first-order valence-corrected chi connectivity index (χ1v) is 10.5. The van der Waals surface area contributed by atoms with E-state index in [1.165, 1.54) is 0 Å². The minimum Gasteiger partial charge on any atom is -0.299 e. The molecule has 0 N–H and O–H groups in total. The number of Topliss-reactive ketones (excluding diaryl/α,β-unsaturated/α-hetero) is 2. The number of fused-ring (bicyclic) bond motifs is 1. The third-order valence-corrected chi connectivity index (χ3v) is 4.34. The van der Waals surface area contributed by atoms with Gasteiger partial charge in [-0.1, -0.05) is 60.6 Å². The summed E-state index contributed by atoms with van der Waals surface area (Å²) in [4.78, 5) is 50.4. The predicted molar refractivity (Wildman–Crippen MR) is 123 cm³/mol. The van der Waals surface area contributed by atoms with Crippen molar-refractivity contribution in [3.05, 3.63) is 35.4 Å². The molecule has 2 rings (SSSR count). The van der Waals surface area contributed by atoms with E-state index in [9.17, 15) is 19.2 Å². The van der Waals surface area contributed by atoms with Crippen LogP contribution in [0.5, 0.6) is 0 Å². The van der Waals surface area contributed by atoms with Crippen LogP contribution in [0.3, 0.4) is 0 Å². The summed E-state index contributed by atoms with van der Waals surface area (Å²) in [6.45, 7) is 20.4. The molecule has 6 nitrogen and oxygen atoms in total. The Bertz CT molecular complexity index is 769. The minimum atomic E-state index is -0.576. The Morgan fingerprint density at radius 1 is 0.806 bits per heavy atom. The summed E-state index contributed by atoms with van der Waals surface area (Å²) < 4.78 is 0. The summed E-state index contributed by atoms with van der Waals surface area (Å²) in [5.74, 6) is -0.212. The number of rotatable bonds is 2. The van der Waals surface area contributed by atoms with E-state index in [0.29, 0.717) is 23.3 Å².